The monoisotopic (exact) mass is 324 g/mol. The minimum absolute atomic E-state index is 0.0645. The van der Waals surface area contributed by atoms with E-state index in [4.69, 9.17) is 16.3 Å². The molecule has 6 nitrogen and oxygen atoms in total. The van der Waals surface area contributed by atoms with Crippen LogP contribution in [0.15, 0.2) is 28.5 Å². The van der Waals surface area contributed by atoms with Gasteiger partial charge in [0.15, 0.2) is 0 Å². The van der Waals surface area contributed by atoms with Crippen molar-refractivity contribution in [3.8, 4) is 0 Å². The Kier molecular flexibility index (Phi) is 12.7. The molecule has 0 unspecified atom stereocenters. The quantitative estimate of drug-likeness (QED) is 0.189. The fourth-order valence-corrected chi connectivity index (χ4v) is 2.02. The summed E-state index contributed by atoms with van der Waals surface area (Å²) in [6.45, 7) is 4.75. The van der Waals surface area contributed by atoms with E-state index in [-0.39, 0.29) is 12.6 Å². The standard InChI is InChI=1S/C17H32N4O2/c1-4-6-7-8-10-17(22)23-14-16(18)13-21(19)12-15(9-5-2)11-20-3/h9,11,13H,4-8,10,12,14,18-19H2,1-3H3/b15-9+,16-13-,20-11?. The Balaban J connectivity index is 4.17. The van der Waals surface area contributed by atoms with Gasteiger partial charge in [-0.05, 0) is 18.4 Å². The summed E-state index contributed by atoms with van der Waals surface area (Å²) < 4.78 is 5.13. The molecule has 0 aromatic heterocycles. The molecule has 4 N–H and O–H groups in total. The molecule has 23 heavy (non-hydrogen) atoms. The van der Waals surface area contributed by atoms with E-state index in [1.54, 1.807) is 19.5 Å². The molecule has 0 aromatic rings. The van der Waals surface area contributed by atoms with E-state index in [1.807, 2.05) is 6.08 Å². The Hall–Kier alpha value is -1.82. The van der Waals surface area contributed by atoms with Crippen LogP contribution in [0.25, 0.3) is 0 Å². The van der Waals surface area contributed by atoms with Crippen LogP contribution in [0.2, 0.25) is 0 Å². The van der Waals surface area contributed by atoms with E-state index in [1.165, 1.54) is 5.01 Å². The fraction of sp³-hybridized carbons (Fsp3) is 0.647. The third-order valence-electron chi connectivity index (χ3n) is 3.09. The number of aliphatic imine (C=N–C) groups is 1. The number of rotatable bonds is 12. The first-order valence-corrected chi connectivity index (χ1v) is 8.27. The number of allylic oxidation sites excluding steroid dienone is 1. The fourth-order valence-electron chi connectivity index (χ4n) is 2.02. The Bertz CT molecular complexity index is 417. The molecule has 132 valence electrons. The highest BCUT2D eigenvalue weighted by Gasteiger charge is 2.04. The molecular formula is C17H32N4O2. The van der Waals surface area contributed by atoms with Crippen molar-refractivity contribution in [1.82, 2.24) is 5.01 Å². The average molecular weight is 324 g/mol. The number of esters is 1. The van der Waals surface area contributed by atoms with Crippen LogP contribution in [0.4, 0.5) is 0 Å². The van der Waals surface area contributed by atoms with Crippen molar-refractivity contribution in [2.45, 2.75) is 52.4 Å². The van der Waals surface area contributed by atoms with Gasteiger partial charge < -0.3 is 15.5 Å². The smallest absolute Gasteiger partial charge is 0.306 e. The van der Waals surface area contributed by atoms with Crippen molar-refractivity contribution in [1.29, 1.82) is 0 Å². The van der Waals surface area contributed by atoms with Gasteiger partial charge in [-0.1, -0.05) is 39.2 Å². The highest BCUT2D eigenvalue weighted by Crippen LogP contribution is 2.04. The molecule has 0 aliphatic heterocycles. The minimum atomic E-state index is -0.217. The van der Waals surface area contributed by atoms with E-state index >= 15 is 0 Å². The van der Waals surface area contributed by atoms with Crippen LogP contribution >= 0.6 is 0 Å². The topological polar surface area (TPSA) is 93.9 Å². The zero-order valence-electron chi connectivity index (χ0n) is 14.8. The molecule has 6 heteroatoms. The second-order valence-corrected chi connectivity index (χ2v) is 5.42. The van der Waals surface area contributed by atoms with Crippen molar-refractivity contribution >= 4 is 12.2 Å². The van der Waals surface area contributed by atoms with Gasteiger partial charge in [0.05, 0.1) is 12.2 Å². The van der Waals surface area contributed by atoms with Crippen molar-refractivity contribution < 1.29 is 9.53 Å². The second kappa shape index (κ2) is 13.8. The van der Waals surface area contributed by atoms with Crippen LogP contribution in [0.1, 0.15) is 52.4 Å². The zero-order valence-corrected chi connectivity index (χ0v) is 14.8. The predicted octanol–water partition coefficient (Wildman–Crippen LogP) is 2.51. The maximum Gasteiger partial charge on any atom is 0.306 e. The number of nitrogens with zero attached hydrogens (tertiary/aromatic N) is 2. The Morgan fingerprint density at radius 1 is 1.26 bits per heavy atom. The third kappa shape index (κ3) is 12.4. The number of hydrazine groups is 1. The van der Waals surface area contributed by atoms with Crippen molar-refractivity contribution in [3.05, 3.63) is 23.5 Å². The number of hydrogen-bond acceptors (Lipinski definition) is 6. The van der Waals surface area contributed by atoms with Crippen LogP contribution in [-0.2, 0) is 9.53 Å². The van der Waals surface area contributed by atoms with Crippen LogP contribution in [0.3, 0.4) is 0 Å². The van der Waals surface area contributed by atoms with Gasteiger partial charge in [0.2, 0.25) is 0 Å². The summed E-state index contributed by atoms with van der Waals surface area (Å²) in [5.74, 6) is 5.67. The number of carbonyl (C=O) groups excluding carboxylic acids is 1. The van der Waals surface area contributed by atoms with Crippen molar-refractivity contribution in [3.63, 3.8) is 0 Å². The largest absolute Gasteiger partial charge is 0.459 e. The molecule has 0 aromatic carbocycles. The average Bonchev–Trinajstić information content (AvgIpc) is 2.50. The number of unbranched alkanes of at least 4 members (excludes halogenated alkanes) is 3. The van der Waals surface area contributed by atoms with E-state index in [2.05, 4.69) is 18.8 Å². The molecular weight excluding hydrogens is 292 g/mol. The minimum Gasteiger partial charge on any atom is -0.459 e. The highest BCUT2D eigenvalue weighted by atomic mass is 16.5. The molecule has 0 atom stereocenters. The summed E-state index contributed by atoms with van der Waals surface area (Å²) >= 11 is 0. The van der Waals surface area contributed by atoms with Gasteiger partial charge in [0.25, 0.3) is 0 Å². The van der Waals surface area contributed by atoms with E-state index in [0.717, 1.165) is 37.7 Å². The van der Waals surface area contributed by atoms with Gasteiger partial charge >= 0.3 is 5.97 Å². The third-order valence-corrected chi connectivity index (χ3v) is 3.09. The number of ether oxygens (including phenoxy) is 1. The lowest BCUT2D eigenvalue weighted by atomic mass is 10.2. The molecule has 0 amide bonds. The first kappa shape index (κ1) is 21.2. The Labute approximate surface area is 140 Å². The van der Waals surface area contributed by atoms with Gasteiger partial charge in [-0.2, -0.15) is 0 Å². The van der Waals surface area contributed by atoms with Gasteiger partial charge in [-0.3, -0.25) is 9.79 Å². The first-order chi connectivity index (χ1) is 11.0. The SMILES string of the molecule is CC/C=C(\C=NC)CN(N)/C=C(\N)COC(=O)CCCCCC. The summed E-state index contributed by atoms with van der Waals surface area (Å²) in [4.78, 5) is 15.6. The number of carbonyl (C=O) groups is 1. The Morgan fingerprint density at radius 3 is 2.61 bits per heavy atom. The van der Waals surface area contributed by atoms with Crippen LogP contribution in [0.5, 0.6) is 0 Å². The highest BCUT2D eigenvalue weighted by molar-refractivity contribution is 5.78. The zero-order chi connectivity index (χ0) is 17.5. The van der Waals surface area contributed by atoms with E-state index in [9.17, 15) is 4.79 Å². The van der Waals surface area contributed by atoms with E-state index in [0.29, 0.717) is 18.7 Å². The van der Waals surface area contributed by atoms with Crippen LogP contribution in [0, 0.1) is 0 Å². The summed E-state index contributed by atoms with van der Waals surface area (Å²) in [5.41, 5.74) is 7.26. The lowest BCUT2D eigenvalue weighted by Crippen LogP contribution is -2.30. The lowest BCUT2D eigenvalue weighted by molar-refractivity contribution is -0.142. The molecule has 0 rings (SSSR count). The van der Waals surface area contributed by atoms with Gasteiger partial charge in [0.1, 0.15) is 6.61 Å². The predicted molar refractivity (Wildman–Crippen MR) is 95.7 cm³/mol. The molecule has 0 saturated heterocycles. The molecule has 0 aliphatic rings. The van der Waals surface area contributed by atoms with Gasteiger partial charge in [-0.15, -0.1) is 0 Å². The molecule has 0 radical (unpaired) electrons. The summed E-state index contributed by atoms with van der Waals surface area (Å²) in [6.07, 6.45) is 11.0. The first-order valence-electron chi connectivity index (χ1n) is 8.27. The number of hydrogen-bond donors (Lipinski definition) is 2. The van der Waals surface area contributed by atoms with Crippen LogP contribution < -0.4 is 11.6 Å². The maximum absolute atomic E-state index is 11.6. The lowest BCUT2D eigenvalue weighted by Gasteiger charge is -2.15. The van der Waals surface area contributed by atoms with Crippen LogP contribution in [-0.4, -0.2) is 37.4 Å². The van der Waals surface area contributed by atoms with E-state index < -0.39 is 0 Å². The molecule has 0 bridgehead atoms. The Morgan fingerprint density at radius 2 is 2.00 bits per heavy atom. The van der Waals surface area contributed by atoms with Gasteiger partial charge in [-0.25, -0.2) is 5.84 Å². The van der Waals surface area contributed by atoms with Crippen molar-refractivity contribution in [2.75, 3.05) is 20.2 Å². The summed E-state index contributed by atoms with van der Waals surface area (Å²) in [7, 11) is 1.72. The normalized spacial score (nSPS) is 12.7. The summed E-state index contributed by atoms with van der Waals surface area (Å²) in [6, 6.07) is 0. The molecule has 0 saturated carbocycles. The van der Waals surface area contributed by atoms with Gasteiger partial charge in [0, 0.05) is 25.9 Å². The van der Waals surface area contributed by atoms with Crippen molar-refractivity contribution in [2.24, 2.45) is 16.6 Å². The maximum atomic E-state index is 11.6. The molecule has 0 heterocycles. The number of nitrogens with two attached hydrogens (primary N) is 2. The summed E-state index contributed by atoms with van der Waals surface area (Å²) in [5, 5.41) is 1.47. The molecule has 0 spiro atoms. The second-order valence-electron chi connectivity index (χ2n) is 5.42. The molecule has 0 fully saturated rings. The molecule has 0 aliphatic carbocycles.